The van der Waals surface area contributed by atoms with Gasteiger partial charge in [0, 0.05) is 6.21 Å². The minimum absolute atomic E-state index is 0.287. The maximum absolute atomic E-state index is 9.63. The first-order valence-electron chi connectivity index (χ1n) is 4.48. The van der Waals surface area contributed by atoms with E-state index in [1.54, 1.807) is 6.21 Å². The Morgan fingerprint density at radius 2 is 2.08 bits per heavy atom. The number of aromatic hydroxyl groups is 1. The Labute approximate surface area is 78.9 Å². The smallest absolute Gasteiger partial charge is 0.144 e. The predicted molar refractivity (Wildman–Crippen MR) is 56.0 cm³/mol. The van der Waals surface area contributed by atoms with Crippen molar-refractivity contribution in [3.05, 3.63) is 23.3 Å². The second-order valence-electron chi connectivity index (χ2n) is 3.17. The molecule has 1 rings (SSSR count). The average Bonchev–Trinajstić information content (AvgIpc) is 2.09. The number of hydrogen-bond acceptors (Lipinski definition) is 2. The highest BCUT2D eigenvalue weighted by atomic mass is 16.3. The number of hydrogen-bond donors (Lipinski definition) is 1. The van der Waals surface area contributed by atoms with E-state index in [4.69, 9.17) is 0 Å². The second-order valence-corrected chi connectivity index (χ2v) is 3.17. The molecule has 2 nitrogen and oxygen atoms in total. The van der Waals surface area contributed by atoms with Gasteiger partial charge < -0.3 is 5.11 Å². The van der Waals surface area contributed by atoms with Crippen molar-refractivity contribution in [1.29, 1.82) is 0 Å². The Balaban J connectivity index is 3.12. The third-order valence-electron chi connectivity index (χ3n) is 1.84. The Kier molecular flexibility index (Phi) is 3.07. The summed E-state index contributed by atoms with van der Waals surface area (Å²) in [5, 5.41) is 9.63. The molecule has 0 aliphatic carbocycles. The molecule has 0 heterocycles. The van der Waals surface area contributed by atoms with E-state index in [0.717, 1.165) is 17.5 Å². The summed E-state index contributed by atoms with van der Waals surface area (Å²) >= 11 is 0. The highest BCUT2D eigenvalue weighted by Gasteiger charge is 2.02. The zero-order valence-corrected chi connectivity index (χ0v) is 8.33. The van der Waals surface area contributed by atoms with Crippen molar-refractivity contribution in [1.82, 2.24) is 0 Å². The second kappa shape index (κ2) is 4.08. The van der Waals surface area contributed by atoms with E-state index in [1.807, 2.05) is 32.9 Å². The van der Waals surface area contributed by atoms with Crippen LogP contribution in [-0.4, -0.2) is 11.3 Å². The normalized spacial score (nSPS) is 11.0. The Bertz CT molecular complexity index is 329. The Hall–Kier alpha value is -1.31. The van der Waals surface area contributed by atoms with E-state index in [1.165, 1.54) is 0 Å². The van der Waals surface area contributed by atoms with Gasteiger partial charge in [0.15, 0.2) is 0 Å². The number of rotatable bonds is 2. The van der Waals surface area contributed by atoms with Gasteiger partial charge in [-0.15, -0.1) is 0 Å². The molecule has 0 saturated carbocycles. The first kappa shape index (κ1) is 9.78. The van der Waals surface area contributed by atoms with E-state index in [2.05, 4.69) is 4.99 Å². The van der Waals surface area contributed by atoms with Crippen LogP contribution in [0.2, 0.25) is 0 Å². The lowest BCUT2D eigenvalue weighted by atomic mass is 10.1. The van der Waals surface area contributed by atoms with Crippen molar-refractivity contribution >= 4 is 11.9 Å². The lowest BCUT2D eigenvalue weighted by Gasteiger charge is -2.03. The predicted octanol–water partition coefficient (Wildman–Crippen LogP) is 3.12. The fourth-order valence-corrected chi connectivity index (χ4v) is 1.23. The van der Waals surface area contributed by atoms with Gasteiger partial charge in [0.2, 0.25) is 0 Å². The van der Waals surface area contributed by atoms with Gasteiger partial charge in [0.25, 0.3) is 0 Å². The maximum atomic E-state index is 9.63. The van der Waals surface area contributed by atoms with Crippen molar-refractivity contribution < 1.29 is 5.11 Å². The van der Waals surface area contributed by atoms with Crippen LogP contribution in [0.5, 0.6) is 5.75 Å². The van der Waals surface area contributed by atoms with Gasteiger partial charge >= 0.3 is 0 Å². The van der Waals surface area contributed by atoms with Crippen LogP contribution in [0, 0.1) is 13.8 Å². The molecule has 0 radical (unpaired) electrons. The van der Waals surface area contributed by atoms with Gasteiger partial charge in [-0.3, -0.25) is 4.99 Å². The number of phenolic OH excluding ortho intramolecular Hbond substituents is 1. The third-order valence-corrected chi connectivity index (χ3v) is 1.84. The molecule has 0 fully saturated rings. The summed E-state index contributed by atoms with van der Waals surface area (Å²) in [5.41, 5.74) is 2.67. The summed E-state index contributed by atoms with van der Waals surface area (Å²) in [6.07, 6.45) is 2.68. The molecule has 2 heteroatoms. The largest absolute Gasteiger partial charge is 0.505 e. The van der Waals surface area contributed by atoms with Crippen molar-refractivity contribution in [2.75, 3.05) is 0 Å². The first-order chi connectivity index (χ1) is 6.15. The van der Waals surface area contributed by atoms with E-state index in [0.29, 0.717) is 5.69 Å². The molecule has 1 aromatic rings. The lowest BCUT2D eigenvalue weighted by molar-refractivity contribution is 0.472. The van der Waals surface area contributed by atoms with E-state index in [9.17, 15) is 5.11 Å². The molecule has 70 valence electrons. The monoisotopic (exact) mass is 177 g/mol. The lowest BCUT2D eigenvalue weighted by Crippen LogP contribution is -1.80. The van der Waals surface area contributed by atoms with Crippen molar-refractivity contribution in [2.24, 2.45) is 4.99 Å². The average molecular weight is 177 g/mol. The van der Waals surface area contributed by atoms with Crippen LogP contribution < -0.4 is 0 Å². The van der Waals surface area contributed by atoms with Gasteiger partial charge in [-0.1, -0.05) is 13.0 Å². The molecule has 1 aromatic carbocycles. The molecule has 0 bridgehead atoms. The fourth-order valence-electron chi connectivity index (χ4n) is 1.23. The molecule has 0 atom stereocenters. The van der Waals surface area contributed by atoms with Crippen LogP contribution in [0.25, 0.3) is 0 Å². The van der Waals surface area contributed by atoms with E-state index >= 15 is 0 Å². The topological polar surface area (TPSA) is 32.6 Å². The highest BCUT2D eigenvalue weighted by molar-refractivity contribution is 5.67. The molecular weight excluding hydrogens is 162 g/mol. The Morgan fingerprint density at radius 1 is 1.38 bits per heavy atom. The van der Waals surface area contributed by atoms with Gasteiger partial charge in [0.1, 0.15) is 11.4 Å². The number of phenols is 1. The number of benzene rings is 1. The van der Waals surface area contributed by atoms with Gasteiger partial charge in [0.05, 0.1) is 0 Å². The molecule has 0 unspecified atom stereocenters. The number of aliphatic imine (C=N–C) groups is 1. The van der Waals surface area contributed by atoms with Crippen molar-refractivity contribution in [2.45, 2.75) is 27.2 Å². The standard InChI is InChI=1S/C11H15NO/c1-4-5-12-10-7-8(2)6-9(3)11(10)13/h5-7,13H,4H2,1-3H3. The van der Waals surface area contributed by atoms with Gasteiger partial charge in [-0.25, -0.2) is 0 Å². The summed E-state index contributed by atoms with van der Waals surface area (Å²) in [4.78, 5) is 4.17. The van der Waals surface area contributed by atoms with Crippen LogP contribution >= 0.6 is 0 Å². The van der Waals surface area contributed by atoms with Crippen molar-refractivity contribution in [3.8, 4) is 5.75 Å². The molecule has 13 heavy (non-hydrogen) atoms. The summed E-state index contributed by atoms with van der Waals surface area (Å²) in [6, 6.07) is 3.83. The Morgan fingerprint density at radius 3 is 2.69 bits per heavy atom. The summed E-state index contributed by atoms with van der Waals surface area (Å²) < 4.78 is 0. The molecule has 0 aromatic heterocycles. The minimum atomic E-state index is 0.287. The SMILES string of the molecule is CCC=Nc1cc(C)cc(C)c1O. The van der Waals surface area contributed by atoms with E-state index < -0.39 is 0 Å². The van der Waals surface area contributed by atoms with Gasteiger partial charge in [-0.2, -0.15) is 0 Å². The molecular formula is C11H15NO. The fraction of sp³-hybridized carbons (Fsp3) is 0.364. The molecule has 0 aliphatic heterocycles. The zero-order valence-electron chi connectivity index (χ0n) is 8.33. The zero-order chi connectivity index (χ0) is 9.84. The highest BCUT2D eigenvalue weighted by Crippen LogP contribution is 2.30. The summed E-state index contributed by atoms with van der Waals surface area (Å²) in [6.45, 7) is 5.90. The molecule has 0 spiro atoms. The third kappa shape index (κ3) is 2.31. The molecule has 0 aliphatic rings. The summed E-state index contributed by atoms with van der Waals surface area (Å²) in [7, 11) is 0. The first-order valence-corrected chi connectivity index (χ1v) is 4.48. The quantitative estimate of drug-likeness (QED) is 0.691. The van der Waals surface area contributed by atoms with Crippen LogP contribution in [0.4, 0.5) is 5.69 Å². The van der Waals surface area contributed by atoms with Crippen LogP contribution in [-0.2, 0) is 0 Å². The molecule has 0 amide bonds. The maximum Gasteiger partial charge on any atom is 0.144 e. The molecule has 0 saturated heterocycles. The van der Waals surface area contributed by atoms with Gasteiger partial charge in [-0.05, 0) is 37.5 Å². The molecule has 1 N–H and O–H groups in total. The number of aryl methyl sites for hydroxylation is 2. The number of nitrogens with zero attached hydrogens (tertiary/aromatic N) is 1. The van der Waals surface area contributed by atoms with Crippen LogP contribution in [0.1, 0.15) is 24.5 Å². The van der Waals surface area contributed by atoms with Crippen molar-refractivity contribution in [3.63, 3.8) is 0 Å². The van der Waals surface area contributed by atoms with E-state index in [-0.39, 0.29) is 5.75 Å². The van der Waals surface area contributed by atoms with Crippen LogP contribution in [0.15, 0.2) is 17.1 Å². The minimum Gasteiger partial charge on any atom is -0.505 e. The van der Waals surface area contributed by atoms with Crippen LogP contribution in [0.3, 0.4) is 0 Å². The summed E-state index contributed by atoms with van der Waals surface area (Å²) in [5.74, 6) is 0.287.